The molecule has 0 saturated heterocycles. The van der Waals surface area contributed by atoms with Gasteiger partial charge in [-0.25, -0.2) is 4.79 Å². The van der Waals surface area contributed by atoms with Crippen molar-refractivity contribution in [3.8, 4) is 0 Å². The Balaban J connectivity index is 1.98. The van der Waals surface area contributed by atoms with Gasteiger partial charge in [-0.2, -0.15) is 0 Å². The Hall–Kier alpha value is -1.30. The maximum Gasteiger partial charge on any atom is 0.314 e. The first kappa shape index (κ1) is 15.8. The van der Waals surface area contributed by atoms with E-state index in [0.29, 0.717) is 25.7 Å². The molecule has 3 N–H and O–H groups in total. The Morgan fingerprint density at radius 3 is 2.26 bits per heavy atom. The topological polar surface area (TPSA) is 73.5 Å². The maximum atomic E-state index is 11.4. The molecular formula is C13H26N4O2. The molecule has 0 spiro atoms. The third kappa shape index (κ3) is 7.00. The fourth-order valence-electron chi connectivity index (χ4n) is 2.35. The molecule has 0 aliphatic heterocycles. The first-order valence-corrected chi connectivity index (χ1v) is 7.06. The Bertz CT molecular complexity index is 290. The van der Waals surface area contributed by atoms with Crippen LogP contribution in [0.5, 0.6) is 0 Å². The smallest absolute Gasteiger partial charge is 0.314 e. The average Bonchev–Trinajstić information content (AvgIpc) is 2.88. The van der Waals surface area contributed by atoms with Gasteiger partial charge in [-0.3, -0.25) is 4.79 Å². The SMILES string of the molecule is CC(=O)NCCNC(=O)NCCN(C)C1CCCC1. The van der Waals surface area contributed by atoms with E-state index in [1.54, 1.807) is 0 Å². The Morgan fingerprint density at radius 2 is 1.63 bits per heavy atom. The number of hydrogen-bond donors (Lipinski definition) is 3. The molecular weight excluding hydrogens is 244 g/mol. The summed E-state index contributed by atoms with van der Waals surface area (Å²) in [6.45, 7) is 3.90. The Morgan fingerprint density at radius 1 is 1.05 bits per heavy atom. The number of amides is 3. The molecule has 0 radical (unpaired) electrons. The molecule has 19 heavy (non-hydrogen) atoms. The van der Waals surface area contributed by atoms with E-state index in [4.69, 9.17) is 0 Å². The molecule has 6 heteroatoms. The van der Waals surface area contributed by atoms with Gasteiger partial charge in [0.25, 0.3) is 0 Å². The number of carbonyl (C=O) groups excluding carboxylic acids is 2. The fraction of sp³-hybridized carbons (Fsp3) is 0.846. The van der Waals surface area contributed by atoms with E-state index in [2.05, 4.69) is 27.9 Å². The van der Waals surface area contributed by atoms with Crippen LogP contribution in [0.25, 0.3) is 0 Å². The van der Waals surface area contributed by atoms with E-state index >= 15 is 0 Å². The van der Waals surface area contributed by atoms with Crippen molar-refractivity contribution in [2.24, 2.45) is 0 Å². The van der Waals surface area contributed by atoms with Crippen molar-refractivity contribution in [2.45, 2.75) is 38.6 Å². The lowest BCUT2D eigenvalue weighted by Gasteiger charge is -2.23. The molecule has 1 aliphatic carbocycles. The molecule has 0 unspecified atom stereocenters. The second kappa shape index (κ2) is 8.74. The Labute approximate surface area is 115 Å². The minimum atomic E-state index is -0.176. The van der Waals surface area contributed by atoms with Crippen LogP contribution in [0, 0.1) is 0 Å². The monoisotopic (exact) mass is 270 g/mol. The molecule has 0 atom stereocenters. The fourth-order valence-corrected chi connectivity index (χ4v) is 2.35. The van der Waals surface area contributed by atoms with Gasteiger partial charge < -0.3 is 20.9 Å². The maximum absolute atomic E-state index is 11.4. The van der Waals surface area contributed by atoms with Crippen LogP contribution in [-0.4, -0.2) is 56.1 Å². The highest BCUT2D eigenvalue weighted by atomic mass is 16.2. The van der Waals surface area contributed by atoms with E-state index in [1.165, 1.54) is 32.6 Å². The molecule has 110 valence electrons. The lowest BCUT2D eigenvalue weighted by molar-refractivity contribution is -0.118. The largest absolute Gasteiger partial charge is 0.355 e. The Kier molecular flexibility index (Phi) is 7.25. The zero-order chi connectivity index (χ0) is 14.1. The third-order valence-electron chi connectivity index (χ3n) is 3.48. The van der Waals surface area contributed by atoms with Crippen LogP contribution in [0.15, 0.2) is 0 Å². The molecule has 0 bridgehead atoms. The number of carbonyl (C=O) groups is 2. The van der Waals surface area contributed by atoms with Crippen molar-refractivity contribution >= 4 is 11.9 Å². The zero-order valence-electron chi connectivity index (χ0n) is 12.0. The van der Waals surface area contributed by atoms with Crippen molar-refractivity contribution in [1.82, 2.24) is 20.9 Å². The molecule has 1 saturated carbocycles. The van der Waals surface area contributed by atoms with E-state index < -0.39 is 0 Å². The standard InChI is InChI=1S/C13H26N4O2/c1-11(18)14-7-8-15-13(19)16-9-10-17(2)12-5-3-4-6-12/h12H,3-10H2,1-2H3,(H,14,18)(H2,15,16,19). The number of nitrogens with zero attached hydrogens (tertiary/aromatic N) is 1. The first-order chi connectivity index (χ1) is 9.09. The van der Waals surface area contributed by atoms with Crippen LogP contribution in [0.4, 0.5) is 4.79 Å². The molecule has 1 aliphatic rings. The number of nitrogens with one attached hydrogen (secondary N) is 3. The first-order valence-electron chi connectivity index (χ1n) is 7.06. The van der Waals surface area contributed by atoms with Crippen molar-refractivity contribution in [2.75, 3.05) is 33.2 Å². The number of hydrogen-bond acceptors (Lipinski definition) is 3. The highest BCUT2D eigenvalue weighted by Crippen LogP contribution is 2.21. The number of rotatable bonds is 7. The summed E-state index contributed by atoms with van der Waals surface area (Å²) >= 11 is 0. The summed E-state index contributed by atoms with van der Waals surface area (Å²) in [6, 6.07) is 0.509. The van der Waals surface area contributed by atoms with E-state index in [-0.39, 0.29) is 11.9 Å². The van der Waals surface area contributed by atoms with Crippen LogP contribution in [0.2, 0.25) is 0 Å². The minimum absolute atomic E-state index is 0.0830. The highest BCUT2D eigenvalue weighted by Gasteiger charge is 2.18. The van der Waals surface area contributed by atoms with Gasteiger partial charge in [0.05, 0.1) is 0 Å². The lowest BCUT2D eigenvalue weighted by Crippen LogP contribution is -2.43. The minimum Gasteiger partial charge on any atom is -0.355 e. The van der Waals surface area contributed by atoms with Crippen LogP contribution < -0.4 is 16.0 Å². The van der Waals surface area contributed by atoms with Gasteiger partial charge in [-0.05, 0) is 19.9 Å². The van der Waals surface area contributed by atoms with Crippen molar-refractivity contribution < 1.29 is 9.59 Å². The second-order valence-electron chi connectivity index (χ2n) is 5.08. The average molecular weight is 270 g/mol. The van der Waals surface area contributed by atoms with Crippen LogP contribution in [0.1, 0.15) is 32.6 Å². The van der Waals surface area contributed by atoms with E-state index in [9.17, 15) is 9.59 Å². The van der Waals surface area contributed by atoms with Crippen LogP contribution in [0.3, 0.4) is 0 Å². The molecule has 1 rings (SSSR count). The molecule has 0 aromatic rings. The van der Waals surface area contributed by atoms with Crippen molar-refractivity contribution in [3.05, 3.63) is 0 Å². The summed E-state index contributed by atoms with van der Waals surface area (Å²) in [4.78, 5) is 24.4. The quantitative estimate of drug-likeness (QED) is 0.582. The van der Waals surface area contributed by atoms with Crippen molar-refractivity contribution in [3.63, 3.8) is 0 Å². The van der Waals surface area contributed by atoms with Crippen molar-refractivity contribution in [1.29, 1.82) is 0 Å². The summed E-state index contributed by atoms with van der Waals surface area (Å²) < 4.78 is 0. The van der Waals surface area contributed by atoms with Gasteiger partial charge in [0.1, 0.15) is 0 Å². The highest BCUT2D eigenvalue weighted by molar-refractivity contribution is 5.74. The zero-order valence-corrected chi connectivity index (χ0v) is 12.0. The van der Waals surface area contributed by atoms with Gasteiger partial charge in [0.15, 0.2) is 0 Å². The number of likely N-dealkylation sites (N-methyl/N-ethyl adjacent to an activating group) is 1. The predicted molar refractivity (Wildman–Crippen MR) is 75.0 cm³/mol. The summed E-state index contributed by atoms with van der Waals surface area (Å²) in [5, 5.41) is 8.14. The van der Waals surface area contributed by atoms with Gasteiger partial charge in [0.2, 0.25) is 5.91 Å². The molecule has 6 nitrogen and oxygen atoms in total. The summed E-state index contributed by atoms with van der Waals surface area (Å²) in [7, 11) is 2.12. The van der Waals surface area contributed by atoms with Gasteiger partial charge in [-0.15, -0.1) is 0 Å². The van der Waals surface area contributed by atoms with Crippen LogP contribution in [-0.2, 0) is 4.79 Å². The second-order valence-corrected chi connectivity index (χ2v) is 5.08. The summed E-state index contributed by atoms with van der Waals surface area (Å²) in [5.41, 5.74) is 0. The van der Waals surface area contributed by atoms with E-state index in [1.807, 2.05) is 0 Å². The third-order valence-corrected chi connectivity index (χ3v) is 3.48. The molecule has 0 aromatic heterocycles. The van der Waals surface area contributed by atoms with Gasteiger partial charge in [-0.1, -0.05) is 12.8 Å². The molecule has 0 aromatic carbocycles. The van der Waals surface area contributed by atoms with Crippen LogP contribution >= 0.6 is 0 Å². The summed E-state index contributed by atoms with van der Waals surface area (Å²) in [5.74, 6) is -0.0830. The normalized spacial score (nSPS) is 15.5. The lowest BCUT2D eigenvalue weighted by atomic mass is 10.2. The number of urea groups is 1. The molecule has 1 fully saturated rings. The van der Waals surface area contributed by atoms with Gasteiger partial charge >= 0.3 is 6.03 Å². The molecule has 3 amide bonds. The summed E-state index contributed by atoms with van der Waals surface area (Å²) in [6.07, 6.45) is 5.21. The molecule has 0 heterocycles. The van der Waals surface area contributed by atoms with Gasteiger partial charge in [0, 0.05) is 39.1 Å². The van der Waals surface area contributed by atoms with E-state index in [0.717, 1.165) is 6.54 Å². The predicted octanol–water partition coefficient (Wildman–Crippen LogP) is 0.296.